The van der Waals surface area contributed by atoms with Gasteiger partial charge in [0.15, 0.2) is 5.83 Å². The van der Waals surface area contributed by atoms with E-state index in [1.807, 2.05) is 0 Å². The number of rotatable bonds is 5. The van der Waals surface area contributed by atoms with Crippen molar-refractivity contribution in [2.75, 3.05) is 46.8 Å². The summed E-state index contributed by atoms with van der Waals surface area (Å²) in [6.45, 7) is 3.96. The number of allylic oxidation sites excluding steroid dienone is 3. The van der Waals surface area contributed by atoms with E-state index in [1.54, 1.807) is 32.3 Å². The van der Waals surface area contributed by atoms with Crippen LogP contribution in [0.1, 0.15) is 12.0 Å². The summed E-state index contributed by atoms with van der Waals surface area (Å²) in [6, 6.07) is 5.05. The van der Waals surface area contributed by atoms with Crippen LogP contribution in [0.4, 0.5) is 9.18 Å². The van der Waals surface area contributed by atoms with Gasteiger partial charge in [-0.1, -0.05) is 11.5 Å². The lowest BCUT2D eigenvalue weighted by Gasteiger charge is -2.33. The van der Waals surface area contributed by atoms with E-state index >= 15 is 0 Å². The zero-order valence-corrected chi connectivity index (χ0v) is 18.7. The first kappa shape index (κ1) is 22.9. The summed E-state index contributed by atoms with van der Waals surface area (Å²) in [5.74, 6) is 0.116. The summed E-state index contributed by atoms with van der Waals surface area (Å²) in [5.41, 5.74) is 13.5. The fraction of sp³-hybridized carbons (Fsp3) is 0.375. The van der Waals surface area contributed by atoms with Gasteiger partial charge in [-0.3, -0.25) is 4.90 Å². The lowest BCUT2D eigenvalue weighted by Crippen LogP contribution is -2.44. The molecule has 8 nitrogen and oxygen atoms in total. The normalized spacial score (nSPS) is 20.4. The van der Waals surface area contributed by atoms with Gasteiger partial charge >= 0.3 is 6.09 Å². The number of nitrogens with two attached hydrogens (primary N) is 1. The molecule has 4 rings (SSSR count). The summed E-state index contributed by atoms with van der Waals surface area (Å²) in [4.78, 5) is 15.5. The first-order valence-electron chi connectivity index (χ1n) is 10.7. The summed E-state index contributed by atoms with van der Waals surface area (Å²) >= 11 is 0. The second-order valence-electron chi connectivity index (χ2n) is 8.26. The van der Waals surface area contributed by atoms with Crippen LogP contribution in [0.3, 0.4) is 0 Å². The molecule has 174 valence electrons. The Kier molecular flexibility index (Phi) is 6.70. The minimum absolute atomic E-state index is 0.0213. The minimum atomic E-state index is -1.30. The van der Waals surface area contributed by atoms with Crippen molar-refractivity contribution in [3.8, 4) is 11.5 Å². The number of hydrogen-bond donors (Lipinski definition) is 3. The predicted molar refractivity (Wildman–Crippen MR) is 121 cm³/mol. The number of nitrogens with zero attached hydrogens (tertiary/aromatic N) is 2. The number of fused-ring (bicyclic) bond motifs is 1. The maximum Gasteiger partial charge on any atom is 0.414 e. The molecule has 0 aromatic heterocycles. The molecule has 3 aliphatic rings. The number of benzene rings is 1. The van der Waals surface area contributed by atoms with Crippen LogP contribution in [0.25, 0.3) is 5.57 Å². The van der Waals surface area contributed by atoms with Gasteiger partial charge in [0.25, 0.3) is 0 Å². The molecule has 0 saturated carbocycles. The number of aliphatic hydroxyl groups excluding tert-OH is 1. The molecular weight excluding hydrogens is 427 g/mol. The molecule has 1 fully saturated rings. The number of aliphatic hydroxyl groups is 1. The van der Waals surface area contributed by atoms with Crippen LogP contribution < -0.4 is 20.5 Å². The SMILES string of the molecule is CN(C)C(=O)Oc1ccc2c(c1)OC(O)C(CC1=C=C=CC(N)=C1F)=C2CN1CCNCC1. The third-order valence-electron chi connectivity index (χ3n) is 5.70. The van der Waals surface area contributed by atoms with Crippen molar-refractivity contribution in [2.45, 2.75) is 12.7 Å². The van der Waals surface area contributed by atoms with Gasteiger partial charge in [-0.2, -0.15) is 0 Å². The van der Waals surface area contributed by atoms with E-state index in [4.69, 9.17) is 15.2 Å². The second-order valence-corrected chi connectivity index (χ2v) is 8.26. The van der Waals surface area contributed by atoms with Gasteiger partial charge in [0.05, 0.1) is 5.70 Å². The summed E-state index contributed by atoms with van der Waals surface area (Å²) < 4.78 is 25.7. The molecule has 1 atom stereocenters. The Morgan fingerprint density at radius 1 is 1.39 bits per heavy atom. The monoisotopic (exact) mass is 454 g/mol. The number of nitrogens with one attached hydrogen (secondary N) is 1. The molecule has 1 aromatic rings. The van der Waals surface area contributed by atoms with E-state index in [9.17, 15) is 14.3 Å². The van der Waals surface area contributed by atoms with Crippen molar-refractivity contribution < 1.29 is 23.8 Å². The van der Waals surface area contributed by atoms with Crippen molar-refractivity contribution in [1.82, 2.24) is 15.1 Å². The number of ether oxygens (including phenoxy) is 2. The smallest absolute Gasteiger partial charge is 0.414 e. The molecule has 1 aliphatic carbocycles. The first-order chi connectivity index (χ1) is 15.8. The Bertz CT molecular complexity index is 1120. The Hall–Kier alpha value is -3.32. The van der Waals surface area contributed by atoms with Crippen molar-refractivity contribution in [2.24, 2.45) is 5.73 Å². The largest absolute Gasteiger partial charge is 0.460 e. The van der Waals surface area contributed by atoms with Gasteiger partial charge in [-0.25, -0.2) is 9.18 Å². The number of carbonyl (C=O) groups is 1. The average molecular weight is 455 g/mol. The third kappa shape index (κ3) is 5.03. The second kappa shape index (κ2) is 9.67. The van der Waals surface area contributed by atoms with Crippen molar-refractivity contribution >= 4 is 11.7 Å². The molecule has 4 N–H and O–H groups in total. The molecule has 33 heavy (non-hydrogen) atoms. The molecule has 1 amide bonds. The fourth-order valence-electron chi connectivity index (χ4n) is 3.90. The zero-order valence-electron chi connectivity index (χ0n) is 18.7. The van der Waals surface area contributed by atoms with Crippen LogP contribution in [-0.2, 0) is 0 Å². The molecule has 0 radical (unpaired) electrons. The maximum atomic E-state index is 14.6. The lowest BCUT2D eigenvalue weighted by molar-refractivity contribution is 0.00988. The van der Waals surface area contributed by atoms with Gasteiger partial charge in [0, 0.05) is 82.1 Å². The van der Waals surface area contributed by atoms with E-state index in [0.717, 1.165) is 37.3 Å². The van der Waals surface area contributed by atoms with Crippen LogP contribution in [0.5, 0.6) is 11.5 Å². The number of halogens is 1. The highest BCUT2D eigenvalue weighted by Crippen LogP contribution is 2.41. The van der Waals surface area contributed by atoms with Crippen LogP contribution in [0, 0.1) is 0 Å². The molecule has 1 aromatic carbocycles. The highest BCUT2D eigenvalue weighted by molar-refractivity contribution is 5.78. The molecule has 0 bridgehead atoms. The summed E-state index contributed by atoms with van der Waals surface area (Å²) in [5, 5.41) is 14.2. The average Bonchev–Trinajstić information content (AvgIpc) is 2.79. The number of amides is 1. The standard InChI is InChI=1S/C24H27FN4O4/c1-28(2)24(31)32-16-6-7-17-19(14-29-10-8-27-9-11-29)18(23(30)33-21(17)13-16)12-15-4-3-5-20(26)22(15)25/h5-7,13,23,27,30H,8-12,14,26H2,1-2H3. The van der Waals surface area contributed by atoms with Crippen LogP contribution >= 0.6 is 0 Å². The Balaban J connectivity index is 1.73. The van der Waals surface area contributed by atoms with Crippen molar-refractivity contribution in [3.05, 3.63) is 64.0 Å². The van der Waals surface area contributed by atoms with Gasteiger partial charge in [0.1, 0.15) is 11.5 Å². The third-order valence-corrected chi connectivity index (χ3v) is 5.70. The quantitative estimate of drug-likeness (QED) is 0.585. The Labute approximate surface area is 191 Å². The van der Waals surface area contributed by atoms with Gasteiger partial charge < -0.3 is 30.5 Å². The molecule has 2 heterocycles. The molecule has 2 aliphatic heterocycles. The van der Waals surface area contributed by atoms with Gasteiger partial charge in [-0.15, -0.1) is 0 Å². The van der Waals surface area contributed by atoms with Gasteiger partial charge in [0.2, 0.25) is 6.29 Å². The molecule has 9 heteroatoms. The fourth-order valence-corrected chi connectivity index (χ4v) is 3.90. The lowest BCUT2D eigenvalue weighted by atomic mass is 9.90. The van der Waals surface area contributed by atoms with E-state index in [2.05, 4.69) is 21.7 Å². The zero-order chi connectivity index (χ0) is 23.5. The Morgan fingerprint density at radius 3 is 2.88 bits per heavy atom. The molecule has 0 spiro atoms. The molecule has 1 saturated heterocycles. The first-order valence-corrected chi connectivity index (χ1v) is 10.7. The highest BCUT2D eigenvalue weighted by atomic mass is 19.1. The number of piperazine rings is 1. The molecule has 1 unspecified atom stereocenters. The maximum absolute atomic E-state index is 14.6. The van der Waals surface area contributed by atoms with Crippen LogP contribution in [0.15, 0.2) is 58.4 Å². The minimum Gasteiger partial charge on any atom is -0.460 e. The summed E-state index contributed by atoms with van der Waals surface area (Å²) in [7, 11) is 3.18. The van der Waals surface area contributed by atoms with E-state index in [1.165, 1.54) is 11.0 Å². The van der Waals surface area contributed by atoms with Crippen molar-refractivity contribution in [3.63, 3.8) is 0 Å². The van der Waals surface area contributed by atoms with E-state index < -0.39 is 18.2 Å². The highest BCUT2D eigenvalue weighted by Gasteiger charge is 2.31. The van der Waals surface area contributed by atoms with E-state index in [0.29, 0.717) is 23.6 Å². The topological polar surface area (TPSA) is 100 Å². The number of carbonyl (C=O) groups excluding carboxylic acids is 1. The van der Waals surface area contributed by atoms with E-state index in [-0.39, 0.29) is 17.7 Å². The summed E-state index contributed by atoms with van der Waals surface area (Å²) in [6.07, 6.45) is -0.418. The van der Waals surface area contributed by atoms with Crippen LogP contribution in [0.2, 0.25) is 0 Å². The Morgan fingerprint density at radius 2 is 2.15 bits per heavy atom. The van der Waals surface area contributed by atoms with Crippen molar-refractivity contribution in [1.29, 1.82) is 0 Å². The molecular formula is C24H27FN4O4. The number of hydrogen-bond acceptors (Lipinski definition) is 7. The predicted octanol–water partition coefficient (Wildman–Crippen LogP) is 1.90. The van der Waals surface area contributed by atoms with Gasteiger partial charge in [-0.05, 0) is 17.7 Å². The van der Waals surface area contributed by atoms with Crippen LogP contribution in [-0.4, -0.2) is 74.1 Å².